The molecule has 8 rings (SSSR count). The number of hydrogen-bond acceptors (Lipinski definition) is 12. The Balaban J connectivity index is 0.000000174. The van der Waals surface area contributed by atoms with Crippen LogP contribution in [0.25, 0.3) is 22.5 Å². The fraction of sp³-hybridized carbons (Fsp3) is 0.220. The van der Waals surface area contributed by atoms with Crippen molar-refractivity contribution in [3.05, 3.63) is 131 Å². The summed E-state index contributed by atoms with van der Waals surface area (Å²) < 4.78 is 54.7. The highest BCUT2D eigenvalue weighted by atomic mass is 32.2. The third-order valence-electron chi connectivity index (χ3n) is 9.74. The molecule has 2 fully saturated rings. The highest BCUT2D eigenvalue weighted by Gasteiger charge is 2.32. The highest BCUT2D eigenvalue weighted by molar-refractivity contribution is 7.89. The lowest BCUT2D eigenvalue weighted by Gasteiger charge is -2.33. The average molecular weight is 835 g/mol. The van der Waals surface area contributed by atoms with Gasteiger partial charge in [0.1, 0.15) is 12.1 Å². The number of nitriles is 2. The minimum atomic E-state index is -3.69. The third kappa shape index (κ3) is 8.62. The number of aromatic nitrogens is 2. The van der Waals surface area contributed by atoms with Crippen LogP contribution in [0.3, 0.4) is 0 Å². The molecular weight excluding hydrogens is 797 g/mol. The minimum Gasteiger partial charge on any atom is -0.345 e. The summed E-state index contributed by atoms with van der Waals surface area (Å²) in [5.74, 6) is 0. The molecule has 2 aromatic heterocycles. The molecule has 12 nitrogen and oxygen atoms in total. The van der Waals surface area contributed by atoms with Crippen molar-refractivity contribution in [3.8, 4) is 34.7 Å². The molecule has 0 amide bonds. The van der Waals surface area contributed by atoms with Crippen LogP contribution in [0.2, 0.25) is 0 Å². The van der Waals surface area contributed by atoms with Crippen molar-refractivity contribution in [2.45, 2.75) is 16.7 Å². The molecule has 290 valence electrons. The van der Waals surface area contributed by atoms with Crippen LogP contribution in [-0.4, -0.2) is 87.8 Å². The first-order chi connectivity index (χ1) is 27.6. The van der Waals surface area contributed by atoms with E-state index < -0.39 is 20.0 Å². The van der Waals surface area contributed by atoms with Gasteiger partial charge in [-0.2, -0.15) is 19.1 Å². The normalized spacial score (nSPS) is 15.3. The van der Waals surface area contributed by atoms with Gasteiger partial charge in [-0.3, -0.25) is 0 Å². The van der Waals surface area contributed by atoms with Gasteiger partial charge in [0, 0.05) is 74.2 Å². The van der Waals surface area contributed by atoms with Gasteiger partial charge >= 0.3 is 0 Å². The topological polar surface area (TPSA) is 155 Å². The van der Waals surface area contributed by atoms with Gasteiger partial charge in [0.25, 0.3) is 0 Å². The smallest absolute Gasteiger partial charge is 0.244 e. The van der Waals surface area contributed by atoms with Crippen LogP contribution in [0.15, 0.2) is 124 Å². The Labute approximate surface area is 341 Å². The number of aryl methyl sites for hydroxylation is 1. The Morgan fingerprint density at radius 3 is 1.46 bits per heavy atom. The Morgan fingerprint density at radius 2 is 0.965 bits per heavy atom. The van der Waals surface area contributed by atoms with Gasteiger partial charge in [0.15, 0.2) is 10.3 Å². The van der Waals surface area contributed by atoms with Gasteiger partial charge in [0.2, 0.25) is 20.0 Å². The SMILES string of the molecule is Cc1ccccc1-c1csc(N2CCN(S(=O)(=O)c3ccccc3C#N)CC2)n1.N#Cc1ccccc1S(=O)(=O)N1CCN(c2nc(-c3ccccc3)cs2)CC1. The maximum atomic E-state index is 13.0. The third-order valence-corrected chi connectivity index (χ3v) is 15.5. The zero-order valence-corrected chi connectivity index (χ0v) is 34.2. The van der Waals surface area contributed by atoms with Crippen LogP contribution in [0, 0.1) is 29.6 Å². The van der Waals surface area contributed by atoms with E-state index in [1.54, 1.807) is 46.9 Å². The molecule has 0 atom stereocenters. The number of piperazine rings is 2. The van der Waals surface area contributed by atoms with E-state index in [0.29, 0.717) is 52.4 Å². The molecule has 2 saturated heterocycles. The van der Waals surface area contributed by atoms with Crippen molar-refractivity contribution in [3.63, 3.8) is 0 Å². The first-order valence-corrected chi connectivity index (χ1v) is 22.7. The zero-order chi connectivity index (χ0) is 40.0. The van der Waals surface area contributed by atoms with Gasteiger partial charge in [-0.25, -0.2) is 26.8 Å². The largest absolute Gasteiger partial charge is 0.345 e. The molecule has 16 heteroatoms. The average Bonchev–Trinajstić information content (AvgIpc) is 3.96. The Bertz CT molecular complexity index is 2650. The van der Waals surface area contributed by atoms with E-state index in [4.69, 9.17) is 9.97 Å². The summed E-state index contributed by atoms with van der Waals surface area (Å²) in [7, 11) is -7.37. The Morgan fingerprint density at radius 1 is 0.544 bits per heavy atom. The fourth-order valence-corrected chi connectivity index (χ4v) is 11.5. The van der Waals surface area contributed by atoms with Crippen molar-refractivity contribution in [2.75, 3.05) is 62.2 Å². The van der Waals surface area contributed by atoms with Crippen molar-refractivity contribution < 1.29 is 16.8 Å². The summed E-state index contributed by atoms with van der Waals surface area (Å²) in [4.78, 5) is 13.9. The van der Waals surface area contributed by atoms with Crippen molar-refractivity contribution in [1.82, 2.24) is 18.6 Å². The van der Waals surface area contributed by atoms with E-state index in [1.807, 2.05) is 65.4 Å². The van der Waals surface area contributed by atoms with Crippen LogP contribution in [0.1, 0.15) is 16.7 Å². The van der Waals surface area contributed by atoms with E-state index in [0.717, 1.165) is 32.8 Å². The molecule has 57 heavy (non-hydrogen) atoms. The summed E-state index contributed by atoms with van der Waals surface area (Å²) in [5.41, 5.74) is 5.59. The molecule has 0 unspecified atom stereocenters. The second kappa shape index (κ2) is 17.4. The lowest BCUT2D eigenvalue weighted by molar-refractivity contribution is 0.384. The predicted octanol–water partition coefficient (Wildman–Crippen LogP) is 6.69. The van der Waals surface area contributed by atoms with Crippen LogP contribution in [-0.2, 0) is 20.0 Å². The molecule has 0 spiro atoms. The molecule has 2 aliphatic heterocycles. The van der Waals surface area contributed by atoms with Crippen LogP contribution < -0.4 is 9.80 Å². The fourth-order valence-electron chi connectivity index (χ4n) is 6.63. The molecule has 2 aliphatic rings. The summed E-state index contributed by atoms with van der Waals surface area (Å²) in [6.07, 6.45) is 0. The van der Waals surface area contributed by atoms with E-state index in [-0.39, 0.29) is 20.9 Å². The molecular formula is C41H38N8O4S4. The molecule has 6 aromatic rings. The molecule has 0 aliphatic carbocycles. The lowest BCUT2D eigenvalue weighted by atomic mass is 10.1. The number of nitrogens with zero attached hydrogens (tertiary/aromatic N) is 8. The minimum absolute atomic E-state index is 0.0755. The summed E-state index contributed by atoms with van der Waals surface area (Å²) in [6.45, 7) is 5.78. The van der Waals surface area contributed by atoms with E-state index in [2.05, 4.69) is 28.9 Å². The molecule has 0 saturated carbocycles. The summed E-state index contributed by atoms with van der Waals surface area (Å²) in [6, 6.07) is 34.8. The van der Waals surface area contributed by atoms with Gasteiger partial charge in [0.05, 0.1) is 32.3 Å². The van der Waals surface area contributed by atoms with Crippen LogP contribution >= 0.6 is 22.7 Å². The molecule has 4 aromatic carbocycles. The number of sulfonamides is 2. The van der Waals surface area contributed by atoms with Crippen molar-refractivity contribution in [1.29, 1.82) is 10.5 Å². The predicted molar refractivity (Wildman–Crippen MR) is 224 cm³/mol. The molecule has 0 radical (unpaired) electrons. The van der Waals surface area contributed by atoms with E-state index >= 15 is 0 Å². The second-order valence-corrected chi connectivity index (χ2v) is 18.7. The summed E-state index contributed by atoms with van der Waals surface area (Å²) in [5, 5.41) is 24.3. The summed E-state index contributed by atoms with van der Waals surface area (Å²) >= 11 is 3.14. The maximum Gasteiger partial charge on any atom is 0.244 e. The van der Waals surface area contributed by atoms with Gasteiger partial charge < -0.3 is 9.80 Å². The number of rotatable bonds is 8. The maximum absolute atomic E-state index is 13.0. The first kappa shape index (κ1) is 39.8. The lowest BCUT2D eigenvalue weighted by Crippen LogP contribution is -2.48. The first-order valence-electron chi connectivity index (χ1n) is 18.1. The van der Waals surface area contributed by atoms with E-state index in [1.165, 1.54) is 38.4 Å². The van der Waals surface area contributed by atoms with Gasteiger partial charge in [-0.15, -0.1) is 22.7 Å². The van der Waals surface area contributed by atoms with Crippen molar-refractivity contribution >= 4 is 53.0 Å². The highest BCUT2D eigenvalue weighted by Crippen LogP contribution is 2.32. The molecule has 0 bridgehead atoms. The molecule has 4 heterocycles. The number of hydrogen-bond donors (Lipinski definition) is 0. The van der Waals surface area contributed by atoms with Gasteiger partial charge in [-0.1, -0.05) is 78.9 Å². The quantitative estimate of drug-likeness (QED) is 0.162. The Kier molecular flexibility index (Phi) is 12.1. The Hall–Kier alpha value is -5.46. The second-order valence-electron chi connectivity index (χ2n) is 13.2. The number of thiazole rings is 2. The van der Waals surface area contributed by atoms with Crippen molar-refractivity contribution in [2.24, 2.45) is 0 Å². The zero-order valence-electron chi connectivity index (χ0n) is 31.0. The number of anilines is 2. The van der Waals surface area contributed by atoms with Gasteiger partial charge in [-0.05, 0) is 36.8 Å². The standard InChI is InChI=1S/C21H20N4O2S2.C20H18N4O2S2/c1-16-6-2-4-8-18(16)19-15-28-21(23-19)24-10-12-25(13-11-24)29(26,27)20-9-5-3-7-17(20)14-22;21-14-17-8-4-5-9-19(17)28(25,26)24-12-10-23(11-13-24)20-22-18(15-27-20)16-6-2-1-3-7-16/h2-9,15H,10-13H2,1H3;1-9,15H,10-13H2. The van der Waals surface area contributed by atoms with E-state index in [9.17, 15) is 27.4 Å². The molecule has 0 N–H and O–H groups in total. The number of benzene rings is 4. The monoisotopic (exact) mass is 834 g/mol. The van der Waals surface area contributed by atoms with Crippen LogP contribution in [0.5, 0.6) is 0 Å². The van der Waals surface area contributed by atoms with Crippen LogP contribution in [0.4, 0.5) is 10.3 Å².